The van der Waals surface area contributed by atoms with E-state index in [4.69, 9.17) is 9.47 Å². The Kier molecular flexibility index (Phi) is 7.92. The molecule has 0 rings (SSSR count). The molecule has 20 heavy (non-hydrogen) atoms. The molecule has 0 aromatic heterocycles. The monoisotopic (exact) mass is 340 g/mol. The highest BCUT2D eigenvalue weighted by Crippen LogP contribution is 2.23. The van der Waals surface area contributed by atoms with Gasteiger partial charge in [0.1, 0.15) is 11.3 Å². The molecule has 0 aromatic carbocycles. The smallest absolute Gasteiger partial charge is 0.341 e. The summed E-state index contributed by atoms with van der Waals surface area (Å²) in [6.45, 7) is 13.1. The van der Waals surface area contributed by atoms with Gasteiger partial charge in [-0.25, -0.2) is 4.79 Å². The van der Waals surface area contributed by atoms with Crippen molar-refractivity contribution in [2.24, 2.45) is 0 Å². The van der Waals surface area contributed by atoms with Crippen molar-refractivity contribution >= 4 is 21.9 Å². The SMILES string of the molecule is C=C(C)\C(Br)=C/C=C(C)/C(OC)=C(/C(=C)C)C(=O)OC. The lowest BCUT2D eigenvalue weighted by Crippen LogP contribution is -2.10. The molecular formula is C16H21BrO3. The number of methoxy groups -OCH3 is 2. The van der Waals surface area contributed by atoms with Crippen LogP contribution in [0.4, 0.5) is 0 Å². The summed E-state index contributed by atoms with van der Waals surface area (Å²) in [5.41, 5.74) is 2.62. The Hall–Kier alpha value is -1.55. The number of hydrogen-bond donors (Lipinski definition) is 0. The molecule has 110 valence electrons. The van der Waals surface area contributed by atoms with Gasteiger partial charge in [-0.15, -0.1) is 0 Å². The molecule has 0 saturated heterocycles. The second kappa shape index (κ2) is 8.59. The molecular weight excluding hydrogens is 320 g/mol. The first-order valence-electron chi connectivity index (χ1n) is 5.99. The molecule has 0 aromatic rings. The lowest BCUT2D eigenvalue weighted by Gasteiger charge is -2.13. The lowest BCUT2D eigenvalue weighted by molar-refractivity contribution is -0.136. The van der Waals surface area contributed by atoms with E-state index in [-0.39, 0.29) is 0 Å². The van der Waals surface area contributed by atoms with Crippen LogP contribution in [0, 0.1) is 0 Å². The van der Waals surface area contributed by atoms with Crippen molar-refractivity contribution in [1.82, 2.24) is 0 Å². The third-order valence-corrected chi connectivity index (χ3v) is 3.43. The molecule has 0 fully saturated rings. The molecule has 0 unspecified atom stereocenters. The molecule has 0 heterocycles. The van der Waals surface area contributed by atoms with Crippen LogP contribution in [0.15, 0.2) is 57.8 Å². The number of allylic oxidation sites excluding steroid dienone is 5. The van der Waals surface area contributed by atoms with Gasteiger partial charge in [-0.1, -0.05) is 35.2 Å². The van der Waals surface area contributed by atoms with E-state index >= 15 is 0 Å². The third kappa shape index (κ3) is 5.21. The van der Waals surface area contributed by atoms with Crippen LogP contribution in [0.2, 0.25) is 0 Å². The van der Waals surface area contributed by atoms with Crippen molar-refractivity contribution in [2.75, 3.05) is 14.2 Å². The summed E-state index contributed by atoms with van der Waals surface area (Å²) in [6.07, 6.45) is 3.69. The van der Waals surface area contributed by atoms with Gasteiger partial charge in [0, 0.05) is 4.48 Å². The molecule has 0 amide bonds. The first-order valence-corrected chi connectivity index (χ1v) is 6.78. The van der Waals surface area contributed by atoms with Crippen molar-refractivity contribution in [3.05, 3.63) is 57.8 Å². The van der Waals surface area contributed by atoms with E-state index in [1.165, 1.54) is 14.2 Å². The molecule has 0 radical (unpaired) electrons. The Bertz CT molecular complexity index is 508. The highest BCUT2D eigenvalue weighted by atomic mass is 79.9. The summed E-state index contributed by atoms with van der Waals surface area (Å²) < 4.78 is 11.0. The molecule has 0 atom stereocenters. The van der Waals surface area contributed by atoms with Crippen LogP contribution < -0.4 is 0 Å². The second-order valence-corrected chi connectivity index (χ2v) is 5.18. The Labute approximate surface area is 129 Å². The number of esters is 1. The lowest BCUT2D eigenvalue weighted by atomic mass is 10.0. The van der Waals surface area contributed by atoms with E-state index < -0.39 is 5.97 Å². The van der Waals surface area contributed by atoms with Crippen molar-refractivity contribution in [3.8, 4) is 0 Å². The van der Waals surface area contributed by atoms with Gasteiger partial charge in [0.05, 0.1) is 14.2 Å². The van der Waals surface area contributed by atoms with Crippen LogP contribution in [0.1, 0.15) is 20.8 Å². The zero-order valence-corrected chi connectivity index (χ0v) is 14.3. The molecule has 0 aliphatic heterocycles. The van der Waals surface area contributed by atoms with Crippen LogP contribution in [-0.4, -0.2) is 20.2 Å². The van der Waals surface area contributed by atoms with Crippen molar-refractivity contribution in [3.63, 3.8) is 0 Å². The number of carbonyl (C=O) groups is 1. The zero-order valence-electron chi connectivity index (χ0n) is 12.7. The molecule has 0 N–H and O–H groups in total. The minimum Gasteiger partial charge on any atom is -0.496 e. The maximum Gasteiger partial charge on any atom is 0.341 e. The molecule has 3 nitrogen and oxygen atoms in total. The van der Waals surface area contributed by atoms with E-state index in [1.54, 1.807) is 6.92 Å². The minimum absolute atomic E-state index is 0.337. The van der Waals surface area contributed by atoms with E-state index in [9.17, 15) is 4.79 Å². The molecule has 0 aliphatic rings. The van der Waals surface area contributed by atoms with Crippen LogP contribution in [0.25, 0.3) is 0 Å². The maximum absolute atomic E-state index is 11.8. The van der Waals surface area contributed by atoms with E-state index in [2.05, 4.69) is 29.1 Å². The zero-order chi connectivity index (χ0) is 15.9. The number of ether oxygens (including phenoxy) is 2. The quantitative estimate of drug-likeness (QED) is 0.310. The van der Waals surface area contributed by atoms with E-state index in [0.29, 0.717) is 16.9 Å². The summed E-state index contributed by atoms with van der Waals surface area (Å²) in [5.74, 6) is -0.0207. The first kappa shape index (κ1) is 18.4. The summed E-state index contributed by atoms with van der Waals surface area (Å²) in [5, 5.41) is 0. The van der Waals surface area contributed by atoms with Gasteiger partial charge in [-0.2, -0.15) is 0 Å². The normalized spacial score (nSPS) is 13.5. The van der Waals surface area contributed by atoms with E-state index in [0.717, 1.165) is 15.6 Å². The molecule has 0 aliphatic carbocycles. The van der Waals surface area contributed by atoms with Crippen molar-refractivity contribution < 1.29 is 14.3 Å². The molecule has 4 heteroatoms. The van der Waals surface area contributed by atoms with Gasteiger partial charge >= 0.3 is 5.97 Å². The largest absolute Gasteiger partial charge is 0.496 e. The van der Waals surface area contributed by atoms with Crippen LogP contribution in [-0.2, 0) is 14.3 Å². The van der Waals surface area contributed by atoms with Gasteiger partial charge in [-0.05, 0) is 43.6 Å². The summed E-state index contributed by atoms with van der Waals surface area (Å²) >= 11 is 3.40. The summed E-state index contributed by atoms with van der Waals surface area (Å²) in [6, 6.07) is 0. The van der Waals surface area contributed by atoms with Crippen LogP contribution in [0.5, 0.6) is 0 Å². The topological polar surface area (TPSA) is 35.5 Å². The highest BCUT2D eigenvalue weighted by Gasteiger charge is 2.18. The average molecular weight is 341 g/mol. The molecule has 0 bridgehead atoms. The van der Waals surface area contributed by atoms with Gasteiger partial charge in [0.25, 0.3) is 0 Å². The van der Waals surface area contributed by atoms with Crippen molar-refractivity contribution in [1.29, 1.82) is 0 Å². The van der Waals surface area contributed by atoms with Gasteiger partial charge < -0.3 is 9.47 Å². The minimum atomic E-state index is -0.468. The second-order valence-electron chi connectivity index (χ2n) is 4.32. The average Bonchev–Trinajstić information content (AvgIpc) is 2.39. The van der Waals surface area contributed by atoms with Crippen LogP contribution in [0.3, 0.4) is 0 Å². The Balaban J connectivity index is 5.80. The number of halogens is 1. The van der Waals surface area contributed by atoms with Gasteiger partial charge in [0.15, 0.2) is 0 Å². The third-order valence-electron chi connectivity index (χ3n) is 2.49. The Morgan fingerprint density at radius 3 is 1.90 bits per heavy atom. The molecule has 0 spiro atoms. The molecule has 0 saturated carbocycles. The Morgan fingerprint density at radius 2 is 1.55 bits per heavy atom. The summed E-state index contributed by atoms with van der Waals surface area (Å²) in [7, 11) is 2.84. The number of carbonyl (C=O) groups excluding carboxylic acids is 1. The van der Waals surface area contributed by atoms with Gasteiger partial charge in [-0.3, -0.25) is 0 Å². The fourth-order valence-corrected chi connectivity index (χ4v) is 1.57. The number of rotatable bonds is 6. The van der Waals surface area contributed by atoms with E-state index in [1.807, 2.05) is 26.0 Å². The predicted molar refractivity (Wildman–Crippen MR) is 86.4 cm³/mol. The standard InChI is InChI=1S/C16H21BrO3/c1-10(2)13(17)9-8-12(5)15(19-6)14(11(3)4)16(18)20-7/h8-9H,1,3H2,2,4-7H3/b12-8+,13-9+,15-14+. The van der Waals surface area contributed by atoms with Crippen molar-refractivity contribution in [2.45, 2.75) is 20.8 Å². The van der Waals surface area contributed by atoms with Gasteiger partial charge in [0.2, 0.25) is 0 Å². The summed E-state index contributed by atoms with van der Waals surface area (Å²) in [4.78, 5) is 11.8. The highest BCUT2D eigenvalue weighted by molar-refractivity contribution is 9.12. The first-order chi connectivity index (χ1) is 9.26. The Morgan fingerprint density at radius 1 is 1.00 bits per heavy atom. The fourth-order valence-electron chi connectivity index (χ4n) is 1.44. The fraction of sp³-hybridized carbons (Fsp3) is 0.312. The van der Waals surface area contributed by atoms with Crippen LogP contribution >= 0.6 is 15.9 Å². The number of hydrogen-bond acceptors (Lipinski definition) is 3. The predicted octanol–water partition coefficient (Wildman–Crippen LogP) is 4.44. The maximum atomic E-state index is 11.8.